The molecule has 0 aliphatic rings. The fourth-order valence-electron chi connectivity index (χ4n) is 4.71. The fraction of sp³-hybridized carbons (Fsp3) is 0.469. The van der Waals surface area contributed by atoms with Gasteiger partial charge in [0.05, 0.1) is 19.3 Å². The van der Waals surface area contributed by atoms with Crippen molar-refractivity contribution in [1.29, 1.82) is 0 Å². The monoisotopic (exact) mass is 852 g/mol. The molecule has 4 N–H and O–H groups in total. The maximum absolute atomic E-state index is 12.6. The summed E-state index contributed by atoms with van der Waals surface area (Å²) in [6.45, 7) is 3.16. The van der Waals surface area contributed by atoms with E-state index in [2.05, 4.69) is 111 Å². The summed E-state index contributed by atoms with van der Waals surface area (Å²) in [6, 6.07) is 0. The van der Waals surface area contributed by atoms with Crippen LogP contribution in [0.5, 0.6) is 0 Å². The summed E-state index contributed by atoms with van der Waals surface area (Å²) in [7, 11) is -4.45. The van der Waals surface area contributed by atoms with Crippen LogP contribution in [-0.4, -0.2) is 60.5 Å². The van der Waals surface area contributed by atoms with Gasteiger partial charge >= 0.3 is 19.8 Å². The average molecular weight is 852 g/mol. The number of rotatable bonds is 37. The molecule has 0 amide bonds. The van der Waals surface area contributed by atoms with Gasteiger partial charge in [0.25, 0.3) is 0 Å². The summed E-state index contributed by atoms with van der Waals surface area (Å²) in [4.78, 5) is 34.8. The van der Waals surface area contributed by atoms with E-state index >= 15 is 0 Å². The Labute approximate surface area is 361 Å². The smallest absolute Gasteiger partial charge is 0.462 e. The van der Waals surface area contributed by atoms with Gasteiger partial charge < -0.3 is 25.2 Å². The number of phosphoric ester groups is 1. The molecule has 0 aliphatic carbocycles. The van der Waals surface area contributed by atoms with Gasteiger partial charge in [-0.2, -0.15) is 0 Å². The molecule has 2 unspecified atom stereocenters. The second-order valence-corrected chi connectivity index (χ2v) is 14.7. The van der Waals surface area contributed by atoms with Crippen LogP contribution in [0.4, 0.5) is 0 Å². The highest BCUT2D eigenvalue weighted by atomic mass is 31.2. The number of esters is 2. The summed E-state index contributed by atoms with van der Waals surface area (Å²) in [5.41, 5.74) is 5.33. The normalized spacial score (nSPS) is 15.2. The number of allylic oxidation sites excluding steroid dienone is 22. The maximum Gasteiger partial charge on any atom is 0.472 e. The lowest BCUT2D eigenvalue weighted by molar-refractivity contribution is -0.161. The van der Waals surface area contributed by atoms with Gasteiger partial charge in [0.15, 0.2) is 6.10 Å². The third-order valence-electron chi connectivity index (χ3n) is 7.83. The van der Waals surface area contributed by atoms with Gasteiger partial charge in [0.2, 0.25) is 0 Å². The Balaban J connectivity index is 4.54. The van der Waals surface area contributed by atoms with Gasteiger partial charge in [-0.3, -0.25) is 18.6 Å². The Morgan fingerprint density at radius 3 is 1.48 bits per heavy atom. The second kappa shape index (κ2) is 43.0. The first-order chi connectivity index (χ1) is 29.2. The van der Waals surface area contributed by atoms with Crippen LogP contribution in [-0.2, 0) is 32.7 Å². The lowest BCUT2D eigenvalue weighted by Gasteiger charge is -2.19. The quantitative estimate of drug-likeness (QED) is 0.0238. The number of carbonyl (C=O) groups is 2. The molecule has 0 aromatic rings. The van der Waals surface area contributed by atoms with Crippen LogP contribution in [0.3, 0.4) is 0 Å². The van der Waals surface area contributed by atoms with Crippen molar-refractivity contribution in [1.82, 2.24) is 0 Å². The van der Waals surface area contributed by atoms with Crippen molar-refractivity contribution >= 4 is 19.8 Å². The molecule has 60 heavy (non-hydrogen) atoms. The Kier molecular flexibility index (Phi) is 40.0. The summed E-state index contributed by atoms with van der Waals surface area (Å²) in [5.74, 6) is -1.13. The average Bonchev–Trinajstić information content (AvgIpc) is 3.23. The third-order valence-corrected chi connectivity index (χ3v) is 8.81. The number of ether oxygens (including phenoxy) is 2. The molecule has 0 aromatic heterocycles. The van der Waals surface area contributed by atoms with E-state index in [1.807, 2.05) is 24.3 Å². The number of aliphatic hydroxyl groups excluding tert-OH is 1. The zero-order valence-corrected chi connectivity index (χ0v) is 37.1. The van der Waals surface area contributed by atoms with Crippen LogP contribution in [0.2, 0.25) is 0 Å². The standard InChI is InChI=1S/C49H74NO9P/c1-3-5-7-9-11-13-15-17-18-19-20-21-22-24-26-28-30-32-36-40-48(52)56-44-47(45-58-60(54,55)57-43-42-50)59-49(53)41-37-33-35-39-46(51)38-34-31-29-27-25-23-16-14-12-10-8-6-4-2/h5-8,11-14,17-18,20-21,23-26,29-35,38,46-47,51H,3-4,9-10,15-16,19,22,27-28,36-37,39-45,50H2,1-2H3,(H,54,55)/b7-5-,8-6-,13-11-,14-12-,18-17-,21-20-,25-23-,26-24-,31-29-,32-30-,35-33-,38-34-/t46?,47-/m1/s1. The van der Waals surface area contributed by atoms with E-state index in [-0.39, 0.29) is 32.6 Å². The zero-order valence-electron chi connectivity index (χ0n) is 36.2. The molecular weight excluding hydrogens is 778 g/mol. The SMILES string of the molecule is CC/C=C\C/C=C\C/C=C\C/C=C\C=C/C(O)C/C=C\CCC(=O)O[C@H](COC(=O)CC/C=C\C/C=C\C/C=C\C/C=C\C/C=C\C/C=C\CC)COP(=O)(O)OCCN. The van der Waals surface area contributed by atoms with Gasteiger partial charge in [-0.05, 0) is 83.5 Å². The molecule has 0 aliphatic heterocycles. The second-order valence-electron chi connectivity index (χ2n) is 13.3. The highest BCUT2D eigenvalue weighted by Gasteiger charge is 2.25. The summed E-state index contributed by atoms with van der Waals surface area (Å²) >= 11 is 0. The van der Waals surface area contributed by atoms with Crippen LogP contribution < -0.4 is 5.73 Å². The number of phosphoric acid groups is 1. The summed E-state index contributed by atoms with van der Waals surface area (Å²) in [6.07, 6.45) is 57.8. The minimum Gasteiger partial charge on any atom is -0.462 e. The molecule has 10 nitrogen and oxygen atoms in total. The van der Waals surface area contributed by atoms with Crippen molar-refractivity contribution in [2.24, 2.45) is 5.73 Å². The number of nitrogens with two attached hydrogens (primary N) is 1. The molecule has 0 saturated heterocycles. The molecule has 0 bridgehead atoms. The van der Waals surface area contributed by atoms with Crippen molar-refractivity contribution in [2.75, 3.05) is 26.4 Å². The minimum absolute atomic E-state index is 0.00201. The molecule has 0 spiro atoms. The number of carbonyl (C=O) groups excluding carboxylic acids is 2. The van der Waals surface area contributed by atoms with Crippen molar-refractivity contribution in [2.45, 2.75) is 122 Å². The first-order valence-corrected chi connectivity index (χ1v) is 22.9. The molecule has 0 aromatic carbocycles. The first kappa shape index (κ1) is 55.9. The highest BCUT2D eigenvalue weighted by molar-refractivity contribution is 7.47. The van der Waals surface area contributed by atoms with Crippen LogP contribution in [0.1, 0.15) is 110 Å². The van der Waals surface area contributed by atoms with E-state index in [4.69, 9.17) is 24.3 Å². The van der Waals surface area contributed by atoms with E-state index in [1.54, 1.807) is 24.3 Å². The lowest BCUT2D eigenvalue weighted by atomic mass is 10.2. The Morgan fingerprint density at radius 2 is 1.00 bits per heavy atom. The van der Waals surface area contributed by atoms with Gasteiger partial charge in [0, 0.05) is 19.4 Å². The number of hydrogen-bond donors (Lipinski definition) is 3. The first-order valence-electron chi connectivity index (χ1n) is 21.4. The van der Waals surface area contributed by atoms with Gasteiger partial charge in [-0.15, -0.1) is 0 Å². The Bertz CT molecular complexity index is 1500. The summed E-state index contributed by atoms with van der Waals surface area (Å²) < 4.78 is 32.5. The Morgan fingerprint density at radius 1 is 0.567 bits per heavy atom. The van der Waals surface area contributed by atoms with Crippen molar-refractivity contribution < 1.29 is 42.7 Å². The predicted molar refractivity (Wildman–Crippen MR) is 248 cm³/mol. The van der Waals surface area contributed by atoms with Crippen LogP contribution in [0, 0.1) is 0 Å². The van der Waals surface area contributed by atoms with E-state index in [0.29, 0.717) is 19.3 Å². The highest BCUT2D eigenvalue weighted by Crippen LogP contribution is 2.43. The molecule has 0 rings (SSSR count). The molecule has 334 valence electrons. The molecule has 3 atom stereocenters. The van der Waals surface area contributed by atoms with E-state index < -0.39 is 38.6 Å². The fourth-order valence-corrected chi connectivity index (χ4v) is 5.47. The predicted octanol–water partition coefficient (Wildman–Crippen LogP) is 11.5. The maximum atomic E-state index is 12.6. The van der Waals surface area contributed by atoms with Crippen molar-refractivity contribution in [3.63, 3.8) is 0 Å². The number of aliphatic hydroxyl groups is 1. The van der Waals surface area contributed by atoms with Crippen molar-refractivity contribution in [3.05, 3.63) is 146 Å². The number of hydrogen-bond acceptors (Lipinski definition) is 9. The molecule has 0 saturated carbocycles. The summed E-state index contributed by atoms with van der Waals surface area (Å²) in [5, 5.41) is 10.2. The van der Waals surface area contributed by atoms with Crippen LogP contribution >= 0.6 is 7.82 Å². The minimum atomic E-state index is -4.45. The molecular formula is C49H74NO9P. The molecule has 0 radical (unpaired) electrons. The van der Waals surface area contributed by atoms with E-state index in [1.165, 1.54) is 0 Å². The molecule has 0 fully saturated rings. The molecule has 11 heteroatoms. The van der Waals surface area contributed by atoms with Crippen LogP contribution in [0.15, 0.2) is 146 Å². The Hall–Kier alpha value is -4.15. The third kappa shape index (κ3) is 42.0. The van der Waals surface area contributed by atoms with Gasteiger partial charge in [-0.25, -0.2) is 4.57 Å². The zero-order chi connectivity index (χ0) is 44.0. The van der Waals surface area contributed by atoms with E-state index in [0.717, 1.165) is 64.2 Å². The molecule has 0 heterocycles. The lowest BCUT2D eigenvalue weighted by Crippen LogP contribution is -2.29. The van der Waals surface area contributed by atoms with Gasteiger partial charge in [-0.1, -0.05) is 160 Å². The largest absolute Gasteiger partial charge is 0.472 e. The van der Waals surface area contributed by atoms with Gasteiger partial charge in [0.1, 0.15) is 6.61 Å². The van der Waals surface area contributed by atoms with Crippen molar-refractivity contribution in [3.8, 4) is 0 Å². The van der Waals surface area contributed by atoms with E-state index in [9.17, 15) is 24.2 Å². The topological polar surface area (TPSA) is 155 Å². The van der Waals surface area contributed by atoms with Crippen LogP contribution in [0.25, 0.3) is 0 Å².